The van der Waals surface area contributed by atoms with Crippen molar-refractivity contribution in [2.24, 2.45) is 17.0 Å². The third kappa shape index (κ3) is 1.95. The minimum absolute atomic E-state index is 0.289. The maximum atomic E-state index is 9.25. The number of hydrogen-bond acceptors (Lipinski definition) is 4. The second kappa shape index (κ2) is 4.82. The summed E-state index contributed by atoms with van der Waals surface area (Å²) in [6.07, 6.45) is 7.59. The van der Waals surface area contributed by atoms with Crippen LogP contribution in [0.15, 0.2) is 5.16 Å². The fourth-order valence-electron chi connectivity index (χ4n) is 4.23. The van der Waals surface area contributed by atoms with Gasteiger partial charge in [-0.1, -0.05) is 11.6 Å². The zero-order chi connectivity index (χ0) is 12.7. The van der Waals surface area contributed by atoms with Gasteiger partial charge in [0, 0.05) is 18.0 Å². The second-order valence-electron chi connectivity index (χ2n) is 6.44. The van der Waals surface area contributed by atoms with E-state index in [4.69, 9.17) is 0 Å². The van der Waals surface area contributed by atoms with Crippen LogP contribution in [-0.4, -0.2) is 34.1 Å². The van der Waals surface area contributed by atoms with Crippen molar-refractivity contribution in [3.8, 4) is 0 Å². The number of hydrazine groups is 1. The summed E-state index contributed by atoms with van der Waals surface area (Å²) in [4.78, 5) is 0. The molecule has 4 heteroatoms. The largest absolute Gasteiger partial charge is 0.411 e. The highest BCUT2D eigenvalue weighted by atomic mass is 16.4. The van der Waals surface area contributed by atoms with Crippen LogP contribution in [0.5, 0.6) is 0 Å². The highest BCUT2D eigenvalue weighted by molar-refractivity contribution is 5.94. The third-order valence-corrected chi connectivity index (χ3v) is 5.28. The van der Waals surface area contributed by atoms with Crippen LogP contribution in [0.3, 0.4) is 0 Å². The Morgan fingerprint density at radius 1 is 1.17 bits per heavy atom. The summed E-state index contributed by atoms with van der Waals surface area (Å²) in [6.45, 7) is 4.59. The lowest BCUT2D eigenvalue weighted by Gasteiger charge is -2.42. The van der Waals surface area contributed by atoms with Gasteiger partial charge in [-0.05, 0) is 51.9 Å². The monoisotopic (exact) mass is 251 g/mol. The number of nitrogens with one attached hydrogen (secondary N) is 1. The number of rotatable bonds is 2. The number of fused-ring (bicyclic) bond motifs is 2. The Kier molecular flexibility index (Phi) is 3.32. The Labute approximate surface area is 109 Å². The zero-order valence-electron chi connectivity index (χ0n) is 11.5. The van der Waals surface area contributed by atoms with E-state index in [0.717, 1.165) is 5.71 Å². The maximum absolute atomic E-state index is 9.25. The third-order valence-electron chi connectivity index (χ3n) is 5.28. The smallest absolute Gasteiger partial charge is 0.0787 e. The Bertz CT molecular complexity index is 334. The number of nitrogens with zero attached hydrogens (tertiary/aromatic N) is 2. The predicted octanol–water partition coefficient (Wildman–Crippen LogP) is 2.38. The van der Waals surface area contributed by atoms with Crippen molar-refractivity contribution >= 4 is 5.71 Å². The Morgan fingerprint density at radius 2 is 1.89 bits per heavy atom. The van der Waals surface area contributed by atoms with Gasteiger partial charge >= 0.3 is 0 Å². The molecule has 1 saturated heterocycles. The van der Waals surface area contributed by atoms with Crippen LogP contribution in [0.1, 0.15) is 52.4 Å². The summed E-state index contributed by atoms with van der Waals surface area (Å²) < 4.78 is 0. The van der Waals surface area contributed by atoms with Crippen LogP contribution in [0.2, 0.25) is 0 Å². The minimum Gasteiger partial charge on any atom is -0.411 e. The van der Waals surface area contributed by atoms with E-state index in [1.807, 2.05) is 0 Å². The Morgan fingerprint density at radius 3 is 2.56 bits per heavy atom. The van der Waals surface area contributed by atoms with Crippen LogP contribution in [0.25, 0.3) is 0 Å². The van der Waals surface area contributed by atoms with Gasteiger partial charge in [-0.2, -0.15) is 0 Å². The van der Waals surface area contributed by atoms with E-state index in [1.165, 1.54) is 38.5 Å². The lowest BCUT2D eigenvalue weighted by molar-refractivity contribution is 0.0318. The molecular formula is C14H25N3O. The molecule has 2 N–H and O–H groups in total. The van der Waals surface area contributed by atoms with Crippen molar-refractivity contribution in [1.82, 2.24) is 10.4 Å². The summed E-state index contributed by atoms with van der Waals surface area (Å²) in [5.74, 6) is 1.22. The quantitative estimate of drug-likeness (QED) is 0.585. The van der Waals surface area contributed by atoms with Gasteiger partial charge in [0.1, 0.15) is 0 Å². The fraction of sp³-hybridized carbons (Fsp3) is 0.929. The van der Waals surface area contributed by atoms with Crippen LogP contribution in [-0.2, 0) is 0 Å². The van der Waals surface area contributed by atoms with Crippen LogP contribution in [0.4, 0.5) is 0 Å². The average Bonchev–Trinajstić information content (AvgIpc) is 2.94. The van der Waals surface area contributed by atoms with Crippen molar-refractivity contribution < 1.29 is 5.21 Å². The predicted molar refractivity (Wildman–Crippen MR) is 71.6 cm³/mol. The molecule has 5 atom stereocenters. The van der Waals surface area contributed by atoms with E-state index >= 15 is 0 Å². The molecule has 0 radical (unpaired) electrons. The van der Waals surface area contributed by atoms with Gasteiger partial charge in [-0.15, -0.1) is 0 Å². The molecule has 0 aromatic carbocycles. The summed E-state index contributed by atoms with van der Waals surface area (Å²) in [7, 11) is 0. The number of piperidine rings is 1. The van der Waals surface area contributed by atoms with E-state index in [1.54, 1.807) is 0 Å². The van der Waals surface area contributed by atoms with Gasteiger partial charge in [0.05, 0.1) is 11.8 Å². The lowest BCUT2D eigenvalue weighted by atomic mass is 9.93. The lowest BCUT2D eigenvalue weighted by Crippen LogP contribution is -2.58. The standard InChI is InChI=1S/C14H25N3O/c1-9-4-3-5-10(2)17(9)15-13-11-6-7-12(8-11)14(13)16-18/h9-13,15,18H,3-8H2,1-2H3/b16-14+/t9-,10-,11+,12+,13+/m1/s1. The first kappa shape index (κ1) is 12.4. The topological polar surface area (TPSA) is 47.9 Å². The van der Waals surface area contributed by atoms with E-state index in [-0.39, 0.29) is 6.04 Å². The summed E-state index contributed by atoms with van der Waals surface area (Å²) in [5, 5.41) is 15.3. The number of hydrogen-bond donors (Lipinski definition) is 2. The molecule has 3 fully saturated rings. The van der Waals surface area contributed by atoms with Gasteiger partial charge < -0.3 is 5.21 Å². The molecule has 1 aliphatic heterocycles. The van der Waals surface area contributed by atoms with Crippen molar-refractivity contribution in [1.29, 1.82) is 0 Å². The fourth-order valence-corrected chi connectivity index (χ4v) is 4.23. The first-order valence-electron chi connectivity index (χ1n) is 7.47. The highest BCUT2D eigenvalue weighted by Crippen LogP contribution is 2.43. The molecule has 0 spiro atoms. The van der Waals surface area contributed by atoms with Crippen molar-refractivity contribution in [2.75, 3.05) is 0 Å². The molecule has 0 aromatic rings. The Hall–Kier alpha value is -0.610. The first-order chi connectivity index (χ1) is 8.70. The molecule has 3 rings (SSSR count). The molecule has 2 saturated carbocycles. The summed E-state index contributed by atoms with van der Waals surface area (Å²) in [5.41, 5.74) is 4.70. The highest BCUT2D eigenvalue weighted by Gasteiger charge is 2.46. The van der Waals surface area contributed by atoms with Gasteiger partial charge in [0.2, 0.25) is 0 Å². The molecule has 4 nitrogen and oxygen atoms in total. The van der Waals surface area contributed by atoms with E-state index in [0.29, 0.717) is 23.9 Å². The molecule has 0 amide bonds. The second-order valence-corrected chi connectivity index (χ2v) is 6.44. The van der Waals surface area contributed by atoms with Crippen LogP contribution < -0.4 is 5.43 Å². The van der Waals surface area contributed by atoms with Crippen molar-refractivity contribution in [3.63, 3.8) is 0 Å². The minimum atomic E-state index is 0.289. The molecule has 3 aliphatic rings. The van der Waals surface area contributed by atoms with Crippen molar-refractivity contribution in [2.45, 2.75) is 70.5 Å². The number of oxime groups is 1. The van der Waals surface area contributed by atoms with Crippen LogP contribution >= 0.6 is 0 Å². The molecule has 0 unspecified atom stereocenters. The molecule has 102 valence electrons. The SMILES string of the molecule is C[C@@H]1CCC[C@@H](C)N1N[C@@H]1/C(=N/O)[C@H]2CC[C@H]1C2. The average molecular weight is 251 g/mol. The summed E-state index contributed by atoms with van der Waals surface area (Å²) in [6, 6.07) is 1.47. The zero-order valence-corrected chi connectivity index (χ0v) is 11.5. The van der Waals surface area contributed by atoms with Gasteiger partial charge in [-0.3, -0.25) is 0 Å². The van der Waals surface area contributed by atoms with Gasteiger partial charge in [-0.25, -0.2) is 10.4 Å². The maximum Gasteiger partial charge on any atom is 0.0787 e. The molecule has 2 bridgehead atoms. The Balaban J connectivity index is 1.72. The normalized spacial score (nSPS) is 47.0. The first-order valence-corrected chi connectivity index (χ1v) is 7.47. The molecule has 1 heterocycles. The van der Waals surface area contributed by atoms with Gasteiger partial charge in [0.25, 0.3) is 0 Å². The van der Waals surface area contributed by atoms with E-state index in [9.17, 15) is 5.21 Å². The molecule has 0 aromatic heterocycles. The molecule has 2 aliphatic carbocycles. The van der Waals surface area contributed by atoms with Crippen LogP contribution in [0, 0.1) is 11.8 Å². The van der Waals surface area contributed by atoms with Gasteiger partial charge in [0.15, 0.2) is 0 Å². The summed E-state index contributed by atoms with van der Waals surface area (Å²) >= 11 is 0. The van der Waals surface area contributed by atoms with E-state index in [2.05, 4.69) is 29.4 Å². The molecule has 18 heavy (non-hydrogen) atoms. The van der Waals surface area contributed by atoms with Crippen molar-refractivity contribution in [3.05, 3.63) is 0 Å². The molecular weight excluding hydrogens is 226 g/mol. The van der Waals surface area contributed by atoms with E-state index < -0.39 is 0 Å².